The first-order chi connectivity index (χ1) is 15.1. The van der Waals surface area contributed by atoms with Gasteiger partial charge in [0.2, 0.25) is 0 Å². The predicted octanol–water partition coefficient (Wildman–Crippen LogP) is 4.83. The molecule has 1 amide bonds. The average molecular weight is 423 g/mol. The van der Waals surface area contributed by atoms with E-state index >= 15 is 0 Å². The largest absolute Gasteiger partial charge is 0.490 e. The van der Waals surface area contributed by atoms with Crippen LogP contribution in [0.25, 0.3) is 0 Å². The monoisotopic (exact) mass is 422 g/mol. The number of benzene rings is 2. The first-order valence-corrected chi connectivity index (χ1v) is 11.7. The van der Waals surface area contributed by atoms with Gasteiger partial charge in [-0.3, -0.25) is 4.79 Å². The Hall–Kier alpha value is -2.53. The molecule has 2 aliphatic rings. The van der Waals surface area contributed by atoms with Gasteiger partial charge in [-0.15, -0.1) is 0 Å². The lowest BCUT2D eigenvalue weighted by atomic mass is 9.92. The average Bonchev–Trinajstić information content (AvgIpc) is 2.80. The number of carbonyl (C=O) groups is 1. The van der Waals surface area contributed by atoms with E-state index in [1.165, 1.54) is 24.0 Å². The van der Waals surface area contributed by atoms with Gasteiger partial charge in [-0.2, -0.15) is 0 Å². The lowest BCUT2D eigenvalue weighted by Crippen LogP contribution is -2.35. The number of likely N-dealkylation sites (tertiary alicyclic amines) is 1. The van der Waals surface area contributed by atoms with Gasteiger partial charge in [-0.05, 0) is 99.5 Å². The Morgan fingerprint density at radius 2 is 1.71 bits per heavy atom. The summed E-state index contributed by atoms with van der Waals surface area (Å²) in [5, 5.41) is 2.99. The Balaban J connectivity index is 1.32. The van der Waals surface area contributed by atoms with Crippen molar-refractivity contribution in [3.8, 4) is 11.5 Å². The minimum atomic E-state index is -0.517. The second-order valence-corrected chi connectivity index (χ2v) is 8.79. The summed E-state index contributed by atoms with van der Waals surface area (Å²) in [6, 6.07) is 13.9. The van der Waals surface area contributed by atoms with E-state index in [0.29, 0.717) is 6.42 Å². The van der Waals surface area contributed by atoms with Crippen LogP contribution in [0.1, 0.15) is 50.2 Å². The summed E-state index contributed by atoms with van der Waals surface area (Å²) < 4.78 is 12.1. The number of ether oxygens (including phenoxy) is 2. The molecule has 166 valence electrons. The number of aryl methyl sites for hydroxylation is 2. The van der Waals surface area contributed by atoms with Gasteiger partial charge in [0.05, 0.1) is 0 Å². The Morgan fingerprint density at radius 1 is 1.03 bits per heavy atom. The highest BCUT2D eigenvalue weighted by molar-refractivity contribution is 5.94. The van der Waals surface area contributed by atoms with Crippen molar-refractivity contribution < 1.29 is 14.3 Å². The summed E-state index contributed by atoms with van der Waals surface area (Å²) in [7, 11) is 2.15. The molecule has 0 bridgehead atoms. The first-order valence-electron chi connectivity index (χ1n) is 11.7. The van der Waals surface area contributed by atoms with E-state index < -0.39 is 6.10 Å². The van der Waals surface area contributed by atoms with Crippen molar-refractivity contribution in [1.29, 1.82) is 0 Å². The fourth-order valence-corrected chi connectivity index (χ4v) is 4.40. The van der Waals surface area contributed by atoms with Crippen molar-refractivity contribution in [2.45, 2.75) is 64.1 Å². The van der Waals surface area contributed by atoms with E-state index in [-0.39, 0.29) is 12.0 Å². The smallest absolute Gasteiger partial charge is 0.265 e. The summed E-state index contributed by atoms with van der Waals surface area (Å²) >= 11 is 0. The number of anilines is 1. The minimum absolute atomic E-state index is 0.121. The Bertz CT molecular complexity index is 873. The molecule has 4 rings (SSSR count). The SMILES string of the molecule is CC[C@@H](Oc1ccc2c(c1)CCCC2)C(=O)Nc1ccc(OC2CCN(C)CC2)cc1. The Labute approximate surface area is 185 Å². The molecule has 2 aromatic carbocycles. The van der Waals surface area contributed by atoms with Crippen molar-refractivity contribution in [3.05, 3.63) is 53.6 Å². The number of amides is 1. The number of piperidine rings is 1. The molecule has 1 saturated heterocycles. The molecule has 1 aliphatic heterocycles. The van der Waals surface area contributed by atoms with Gasteiger partial charge in [-0.25, -0.2) is 0 Å². The Morgan fingerprint density at radius 3 is 2.42 bits per heavy atom. The van der Waals surface area contributed by atoms with Crippen LogP contribution < -0.4 is 14.8 Å². The maximum atomic E-state index is 12.8. The molecule has 0 unspecified atom stereocenters. The molecule has 0 spiro atoms. The number of rotatable bonds is 7. The summed E-state index contributed by atoms with van der Waals surface area (Å²) in [6.45, 7) is 4.12. The topological polar surface area (TPSA) is 50.8 Å². The van der Waals surface area contributed by atoms with E-state index in [9.17, 15) is 4.79 Å². The number of carbonyl (C=O) groups excluding carboxylic acids is 1. The van der Waals surface area contributed by atoms with Crippen LogP contribution in [0.5, 0.6) is 11.5 Å². The molecule has 0 radical (unpaired) electrons. The molecule has 1 fully saturated rings. The van der Waals surface area contributed by atoms with Gasteiger partial charge in [0.15, 0.2) is 6.10 Å². The third-order valence-corrected chi connectivity index (χ3v) is 6.35. The molecule has 2 aromatic rings. The second kappa shape index (κ2) is 10.2. The molecule has 1 N–H and O–H groups in total. The molecule has 1 aliphatic carbocycles. The third-order valence-electron chi connectivity index (χ3n) is 6.35. The summed E-state index contributed by atoms with van der Waals surface area (Å²) in [5.74, 6) is 1.51. The van der Waals surface area contributed by atoms with Gasteiger partial charge < -0.3 is 19.7 Å². The quantitative estimate of drug-likeness (QED) is 0.694. The van der Waals surface area contributed by atoms with Gasteiger partial charge in [-0.1, -0.05) is 13.0 Å². The predicted molar refractivity (Wildman–Crippen MR) is 124 cm³/mol. The normalized spacial score (nSPS) is 18.1. The fraction of sp³-hybridized carbons (Fsp3) is 0.500. The zero-order chi connectivity index (χ0) is 21.6. The zero-order valence-corrected chi connectivity index (χ0v) is 18.7. The molecule has 5 nitrogen and oxygen atoms in total. The molecule has 1 atom stereocenters. The van der Waals surface area contributed by atoms with E-state index in [1.807, 2.05) is 37.3 Å². The van der Waals surface area contributed by atoms with Gasteiger partial charge in [0.25, 0.3) is 5.91 Å². The highest BCUT2D eigenvalue weighted by Gasteiger charge is 2.21. The van der Waals surface area contributed by atoms with Crippen LogP contribution in [-0.2, 0) is 17.6 Å². The fourth-order valence-electron chi connectivity index (χ4n) is 4.40. The number of nitrogens with zero attached hydrogens (tertiary/aromatic N) is 1. The zero-order valence-electron chi connectivity index (χ0n) is 18.7. The van der Waals surface area contributed by atoms with Gasteiger partial charge >= 0.3 is 0 Å². The Kier molecular flexibility index (Phi) is 7.13. The van der Waals surface area contributed by atoms with E-state index in [4.69, 9.17) is 9.47 Å². The summed E-state index contributed by atoms with van der Waals surface area (Å²) in [4.78, 5) is 15.1. The van der Waals surface area contributed by atoms with Gasteiger partial charge in [0.1, 0.15) is 17.6 Å². The van der Waals surface area contributed by atoms with Crippen LogP contribution in [0.4, 0.5) is 5.69 Å². The van der Waals surface area contributed by atoms with Gasteiger partial charge in [0, 0.05) is 18.8 Å². The third kappa shape index (κ3) is 5.79. The molecule has 0 aromatic heterocycles. The molecule has 0 saturated carbocycles. The highest BCUT2D eigenvalue weighted by atomic mass is 16.5. The van der Waals surface area contributed by atoms with Crippen LogP contribution in [0.15, 0.2) is 42.5 Å². The molecular formula is C26H34N2O3. The summed E-state index contributed by atoms with van der Waals surface area (Å²) in [6.07, 6.45) is 7.19. The second-order valence-electron chi connectivity index (χ2n) is 8.79. The number of hydrogen-bond acceptors (Lipinski definition) is 4. The number of fused-ring (bicyclic) bond motifs is 1. The van der Waals surface area contributed by atoms with Crippen molar-refractivity contribution in [1.82, 2.24) is 4.90 Å². The molecule has 31 heavy (non-hydrogen) atoms. The van der Waals surface area contributed by atoms with E-state index in [1.54, 1.807) is 0 Å². The van der Waals surface area contributed by atoms with Crippen LogP contribution >= 0.6 is 0 Å². The van der Waals surface area contributed by atoms with Crippen molar-refractivity contribution >= 4 is 11.6 Å². The first kappa shape index (κ1) is 21.7. The maximum absolute atomic E-state index is 12.8. The minimum Gasteiger partial charge on any atom is -0.490 e. The number of nitrogens with one attached hydrogen (secondary N) is 1. The highest BCUT2D eigenvalue weighted by Crippen LogP contribution is 2.26. The molecule has 1 heterocycles. The van der Waals surface area contributed by atoms with Crippen LogP contribution in [0.2, 0.25) is 0 Å². The van der Waals surface area contributed by atoms with Crippen LogP contribution in [0, 0.1) is 0 Å². The van der Waals surface area contributed by atoms with E-state index in [0.717, 1.165) is 56.0 Å². The van der Waals surface area contributed by atoms with Crippen LogP contribution in [0.3, 0.4) is 0 Å². The maximum Gasteiger partial charge on any atom is 0.265 e. The lowest BCUT2D eigenvalue weighted by Gasteiger charge is -2.29. The van der Waals surface area contributed by atoms with Crippen molar-refractivity contribution in [2.75, 3.05) is 25.5 Å². The lowest BCUT2D eigenvalue weighted by molar-refractivity contribution is -0.122. The standard InChI is InChI=1S/C26H34N2O3/c1-3-25(31-24-11-8-19-6-4-5-7-20(19)18-24)26(29)27-21-9-12-22(13-10-21)30-23-14-16-28(2)17-15-23/h8-13,18,23,25H,3-7,14-17H2,1-2H3,(H,27,29)/t25-/m1/s1. The van der Waals surface area contributed by atoms with Crippen molar-refractivity contribution in [3.63, 3.8) is 0 Å². The van der Waals surface area contributed by atoms with Crippen LogP contribution in [-0.4, -0.2) is 43.2 Å². The number of hydrogen-bond donors (Lipinski definition) is 1. The van der Waals surface area contributed by atoms with Crippen molar-refractivity contribution in [2.24, 2.45) is 0 Å². The molecule has 5 heteroatoms. The summed E-state index contributed by atoms with van der Waals surface area (Å²) in [5.41, 5.74) is 3.53. The molecular weight excluding hydrogens is 388 g/mol. The van der Waals surface area contributed by atoms with E-state index in [2.05, 4.69) is 29.4 Å².